The van der Waals surface area contributed by atoms with Crippen molar-refractivity contribution in [3.63, 3.8) is 0 Å². The van der Waals surface area contributed by atoms with E-state index in [2.05, 4.69) is 27.7 Å². The zero-order valence-corrected chi connectivity index (χ0v) is 45.2. The summed E-state index contributed by atoms with van der Waals surface area (Å²) < 4.78 is 16.9. The molecule has 0 aromatic rings. The van der Waals surface area contributed by atoms with Crippen molar-refractivity contribution in [2.45, 2.75) is 348 Å². The van der Waals surface area contributed by atoms with Gasteiger partial charge in [-0.1, -0.05) is 304 Å². The Labute approximate surface area is 412 Å². The highest BCUT2D eigenvalue weighted by Gasteiger charge is 2.19. The van der Waals surface area contributed by atoms with Crippen LogP contribution in [0, 0.1) is 5.92 Å². The van der Waals surface area contributed by atoms with E-state index in [1.807, 2.05) is 0 Å². The van der Waals surface area contributed by atoms with E-state index in [1.165, 1.54) is 238 Å². The summed E-state index contributed by atoms with van der Waals surface area (Å²) in [5, 5.41) is 0. The van der Waals surface area contributed by atoms with Crippen molar-refractivity contribution in [2.24, 2.45) is 5.92 Å². The lowest BCUT2D eigenvalue weighted by atomic mass is 9.99. The lowest BCUT2D eigenvalue weighted by molar-refractivity contribution is -0.167. The predicted molar refractivity (Wildman–Crippen MR) is 284 cm³/mol. The van der Waals surface area contributed by atoms with Gasteiger partial charge in [0, 0.05) is 19.3 Å². The third kappa shape index (κ3) is 51.8. The minimum Gasteiger partial charge on any atom is -0.462 e. The molecule has 0 saturated carbocycles. The van der Waals surface area contributed by atoms with Gasteiger partial charge in [0.05, 0.1) is 0 Å². The average Bonchev–Trinajstić information content (AvgIpc) is 3.32. The van der Waals surface area contributed by atoms with Gasteiger partial charge in [-0.05, 0) is 25.2 Å². The second-order valence-electron chi connectivity index (χ2n) is 20.9. The number of esters is 3. The standard InChI is InChI=1S/C60H116O6/c1-5-8-10-12-14-16-17-18-19-22-26-29-32-36-40-44-48-52-59(62)65-55-57(54-64-58(61)51-47-43-39-34-15-13-11-9-6-2)66-60(63)53-49-45-41-37-33-30-27-24-21-20-23-25-28-31-35-38-42-46-50-56(4)7-3/h56-57H,5-55H2,1-4H3/t56?,57-/m0/s1. The molecule has 0 amide bonds. The Morgan fingerprint density at radius 2 is 0.530 bits per heavy atom. The number of rotatable bonds is 55. The monoisotopic (exact) mass is 933 g/mol. The quantitative estimate of drug-likeness (QED) is 0.0343. The predicted octanol–water partition coefficient (Wildman–Crippen LogP) is 19.8. The van der Waals surface area contributed by atoms with Crippen LogP contribution in [0.5, 0.6) is 0 Å². The van der Waals surface area contributed by atoms with Crippen LogP contribution in [0.15, 0.2) is 0 Å². The molecule has 0 aromatic heterocycles. The number of ether oxygens (including phenoxy) is 3. The molecule has 2 atom stereocenters. The lowest BCUT2D eigenvalue weighted by Crippen LogP contribution is -2.30. The Kier molecular flexibility index (Phi) is 53.0. The Morgan fingerprint density at radius 1 is 0.303 bits per heavy atom. The van der Waals surface area contributed by atoms with E-state index in [-0.39, 0.29) is 31.1 Å². The van der Waals surface area contributed by atoms with Crippen molar-refractivity contribution in [1.82, 2.24) is 0 Å². The van der Waals surface area contributed by atoms with E-state index in [9.17, 15) is 14.4 Å². The minimum atomic E-state index is -0.761. The molecular weight excluding hydrogens is 817 g/mol. The third-order valence-corrected chi connectivity index (χ3v) is 14.2. The maximum Gasteiger partial charge on any atom is 0.306 e. The highest BCUT2D eigenvalue weighted by molar-refractivity contribution is 5.71. The fraction of sp³-hybridized carbons (Fsp3) is 0.950. The fourth-order valence-electron chi connectivity index (χ4n) is 9.25. The molecular formula is C60H116O6. The molecule has 6 heteroatoms. The number of carbonyl (C=O) groups is 3. The summed E-state index contributed by atoms with van der Waals surface area (Å²) in [5.41, 5.74) is 0. The molecule has 392 valence electrons. The molecule has 0 aliphatic rings. The summed E-state index contributed by atoms with van der Waals surface area (Å²) in [4.78, 5) is 38.1. The van der Waals surface area contributed by atoms with Gasteiger partial charge in [0.1, 0.15) is 13.2 Å². The van der Waals surface area contributed by atoms with Crippen LogP contribution in [0.25, 0.3) is 0 Å². The van der Waals surface area contributed by atoms with Gasteiger partial charge >= 0.3 is 17.9 Å². The van der Waals surface area contributed by atoms with Crippen molar-refractivity contribution >= 4 is 17.9 Å². The van der Waals surface area contributed by atoms with Gasteiger partial charge in [0.15, 0.2) is 6.10 Å². The van der Waals surface area contributed by atoms with Crippen LogP contribution in [0.4, 0.5) is 0 Å². The van der Waals surface area contributed by atoms with Crippen molar-refractivity contribution in [1.29, 1.82) is 0 Å². The lowest BCUT2D eigenvalue weighted by Gasteiger charge is -2.18. The maximum absolute atomic E-state index is 12.9. The third-order valence-electron chi connectivity index (χ3n) is 14.2. The molecule has 0 rings (SSSR count). The molecule has 0 N–H and O–H groups in total. The van der Waals surface area contributed by atoms with Gasteiger partial charge in [-0.15, -0.1) is 0 Å². The van der Waals surface area contributed by atoms with Gasteiger partial charge in [0.25, 0.3) is 0 Å². The molecule has 1 unspecified atom stereocenters. The van der Waals surface area contributed by atoms with Crippen molar-refractivity contribution < 1.29 is 28.6 Å². The number of unbranched alkanes of at least 4 members (excludes halogenated alkanes) is 41. The topological polar surface area (TPSA) is 78.9 Å². The van der Waals surface area contributed by atoms with Crippen LogP contribution >= 0.6 is 0 Å². The minimum absolute atomic E-state index is 0.0618. The first-order valence-corrected chi connectivity index (χ1v) is 29.9. The molecule has 0 aliphatic carbocycles. The van der Waals surface area contributed by atoms with E-state index in [0.717, 1.165) is 63.7 Å². The normalized spacial score (nSPS) is 12.4. The zero-order valence-electron chi connectivity index (χ0n) is 45.2. The first-order valence-electron chi connectivity index (χ1n) is 29.9. The number of hydrogen-bond acceptors (Lipinski definition) is 6. The van der Waals surface area contributed by atoms with E-state index in [4.69, 9.17) is 14.2 Å². The van der Waals surface area contributed by atoms with E-state index in [0.29, 0.717) is 19.3 Å². The van der Waals surface area contributed by atoms with E-state index < -0.39 is 6.10 Å². The molecule has 6 nitrogen and oxygen atoms in total. The number of hydrogen-bond donors (Lipinski definition) is 0. The highest BCUT2D eigenvalue weighted by Crippen LogP contribution is 2.19. The van der Waals surface area contributed by atoms with Crippen LogP contribution in [-0.2, 0) is 28.6 Å². The fourth-order valence-corrected chi connectivity index (χ4v) is 9.25. The van der Waals surface area contributed by atoms with Crippen LogP contribution in [0.1, 0.15) is 342 Å². The number of carbonyl (C=O) groups excluding carboxylic acids is 3. The molecule has 0 fully saturated rings. The van der Waals surface area contributed by atoms with Gasteiger partial charge < -0.3 is 14.2 Å². The Balaban J connectivity index is 4.18. The Hall–Kier alpha value is -1.59. The van der Waals surface area contributed by atoms with E-state index >= 15 is 0 Å². The SMILES string of the molecule is CCCCCCCCCCCCCCCCCCCC(=O)OC[C@H](COC(=O)CCCCCCCCCCC)OC(=O)CCCCCCCCCCCCCCCCCCCCC(C)CC. The van der Waals surface area contributed by atoms with Gasteiger partial charge in [-0.2, -0.15) is 0 Å². The first kappa shape index (κ1) is 64.4. The first-order chi connectivity index (χ1) is 32.4. The molecule has 66 heavy (non-hydrogen) atoms. The molecule has 0 saturated heterocycles. The Morgan fingerprint density at radius 3 is 0.788 bits per heavy atom. The van der Waals surface area contributed by atoms with Gasteiger partial charge in [-0.25, -0.2) is 0 Å². The van der Waals surface area contributed by atoms with Gasteiger partial charge in [-0.3, -0.25) is 14.4 Å². The van der Waals surface area contributed by atoms with Crippen molar-refractivity contribution in [3.05, 3.63) is 0 Å². The Bertz CT molecular complexity index is 998. The molecule has 0 bridgehead atoms. The smallest absolute Gasteiger partial charge is 0.306 e. The molecule has 0 aliphatic heterocycles. The summed E-state index contributed by atoms with van der Waals surface area (Å²) in [6.45, 7) is 9.09. The molecule has 0 aromatic carbocycles. The van der Waals surface area contributed by atoms with Crippen LogP contribution in [0.3, 0.4) is 0 Å². The second-order valence-corrected chi connectivity index (χ2v) is 20.9. The van der Waals surface area contributed by atoms with Crippen LogP contribution < -0.4 is 0 Å². The van der Waals surface area contributed by atoms with Crippen molar-refractivity contribution in [2.75, 3.05) is 13.2 Å². The summed E-state index contributed by atoms with van der Waals surface area (Å²) in [7, 11) is 0. The summed E-state index contributed by atoms with van der Waals surface area (Å²) in [5.74, 6) is 0.0723. The van der Waals surface area contributed by atoms with Crippen LogP contribution in [0.2, 0.25) is 0 Å². The van der Waals surface area contributed by atoms with Crippen LogP contribution in [-0.4, -0.2) is 37.2 Å². The maximum atomic E-state index is 12.9. The second kappa shape index (κ2) is 54.4. The van der Waals surface area contributed by atoms with Gasteiger partial charge in [0.2, 0.25) is 0 Å². The summed E-state index contributed by atoms with van der Waals surface area (Å²) in [6.07, 6.45) is 59.6. The molecule has 0 spiro atoms. The molecule has 0 radical (unpaired) electrons. The zero-order chi connectivity index (χ0) is 48.1. The largest absolute Gasteiger partial charge is 0.462 e. The summed E-state index contributed by atoms with van der Waals surface area (Å²) >= 11 is 0. The average molecular weight is 934 g/mol. The molecule has 0 heterocycles. The highest BCUT2D eigenvalue weighted by atomic mass is 16.6. The summed E-state index contributed by atoms with van der Waals surface area (Å²) in [6, 6.07) is 0. The van der Waals surface area contributed by atoms with E-state index in [1.54, 1.807) is 0 Å². The van der Waals surface area contributed by atoms with Crippen molar-refractivity contribution in [3.8, 4) is 0 Å².